The van der Waals surface area contributed by atoms with E-state index in [1.165, 1.54) is 0 Å². The highest BCUT2D eigenvalue weighted by Gasteiger charge is 2.17. The minimum atomic E-state index is 0.318. The number of anilines is 1. The van der Waals surface area contributed by atoms with Crippen LogP contribution < -0.4 is 5.73 Å². The van der Waals surface area contributed by atoms with Crippen LogP contribution >= 0.6 is 0 Å². The first kappa shape index (κ1) is 13.1. The monoisotopic (exact) mass is 251 g/mol. The minimum absolute atomic E-state index is 0.318. The topological polar surface area (TPSA) is 62.7 Å². The van der Waals surface area contributed by atoms with E-state index in [-0.39, 0.29) is 0 Å². The molecule has 0 saturated heterocycles. The smallest absolute Gasteiger partial charge is 0.142 e. The molecule has 0 aliphatic rings. The van der Waals surface area contributed by atoms with E-state index in [1.807, 2.05) is 37.3 Å². The lowest BCUT2D eigenvalue weighted by atomic mass is 9.92. The molecule has 0 amide bonds. The summed E-state index contributed by atoms with van der Waals surface area (Å²) in [6.45, 7) is 4.07. The van der Waals surface area contributed by atoms with Crippen LogP contribution in [0.15, 0.2) is 30.3 Å². The van der Waals surface area contributed by atoms with Crippen molar-refractivity contribution in [3.8, 4) is 17.2 Å². The number of hydrogen-bond acceptors (Lipinski definition) is 3. The average molecular weight is 251 g/mol. The van der Waals surface area contributed by atoms with Crippen LogP contribution in [-0.4, -0.2) is 4.98 Å². The van der Waals surface area contributed by atoms with Crippen LogP contribution in [0.2, 0.25) is 0 Å². The number of aromatic nitrogens is 1. The van der Waals surface area contributed by atoms with Crippen LogP contribution in [0.5, 0.6) is 0 Å². The second-order valence-electron chi connectivity index (χ2n) is 4.54. The van der Waals surface area contributed by atoms with Gasteiger partial charge in [-0.25, -0.2) is 4.98 Å². The molecule has 1 aromatic carbocycles. The Hall–Kier alpha value is -2.34. The molecule has 19 heavy (non-hydrogen) atoms. The number of benzene rings is 1. The van der Waals surface area contributed by atoms with Gasteiger partial charge in [0.25, 0.3) is 0 Å². The fourth-order valence-electron chi connectivity index (χ4n) is 2.36. The summed E-state index contributed by atoms with van der Waals surface area (Å²) in [5, 5.41) is 9.37. The number of nitrogens with zero attached hydrogens (tertiary/aromatic N) is 2. The molecule has 2 rings (SSSR count). The number of nitrogens with two attached hydrogens (primary N) is 1. The van der Waals surface area contributed by atoms with E-state index >= 15 is 0 Å². The second-order valence-corrected chi connectivity index (χ2v) is 4.54. The van der Waals surface area contributed by atoms with Gasteiger partial charge in [-0.05, 0) is 24.5 Å². The molecule has 3 nitrogen and oxygen atoms in total. The molecular weight excluding hydrogens is 234 g/mol. The first-order valence-electron chi connectivity index (χ1n) is 6.43. The van der Waals surface area contributed by atoms with Gasteiger partial charge in [-0.3, -0.25) is 0 Å². The van der Waals surface area contributed by atoms with Crippen LogP contribution in [0.3, 0.4) is 0 Å². The number of hydrogen-bond donors (Lipinski definition) is 1. The summed E-state index contributed by atoms with van der Waals surface area (Å²) in [5.74, 6) is 0.318. The first-order valence-corrected chi connectivity index (χ1v) is 6.43. The molecule has 1 aromatic heterocycles. The molecule has 3 heteroatoms. The number of rotatable bonds is 3. The van der Waals surface area contributed by atoms with Crippen LogP contribution in [-0.2, 0) is 6.42 Å². The molecule has 0 aliphatic heterocycles. The molecule has 0 fully saturated rings. The Morgan fingerprint density at radius 3 is 2.53 bits per heavy atom. The molecule has 0 bridgehead atoms. The molecule has 0 spiro atoms. The van der Waals surface area contributed by atoms with Gasteiger partial charge >= 0.3 is 0 Å². The summed E-state index contributed by atoms with van der Waals surface area (Å²) in [5.41, 5.74) is 10.4. The lowest BCUT2D eigenvalue weighted by Gasteiger charge is -2.15. The van der Waals surface area contributed by atoms with E-state index in [0.29, 0.717) is 11.4 Å². The Balaban J connectivity index is 2.78. The minimum Gasteiger partial charge on any atom is -0.383 e. The predicted octanol–water partition coefficient (Wildman–Crippen LogP) is 3.46. The summed E-state index contributed by atoms with van der Waals surface area (Å²) in [6.07, 6.45) is 1.91. The predicted molar refractivity (Wildman–Crippen MR) is 77.5 cm³/mol. The molecule has 2 aromatic rings. The van der Waals surface area contributed by atoms with Gasteiger partial charge in [-0.15, -0.1) is 0 Å². The van der Waals surface area contributed by atoms with Crippen molar-refractivity contribution in [2.24, 2.45) is 0 Å². The van der Waals surface area contributed by atoms with Crippen molar-refractivity contribution in [3.63, 3.8) is 0 Å². The third kappa shape index (κ3) is 2.43. The third-order valence-electron chi connectivity index (χ3n) is 3.21. The zero-order valence-corrected chi connectivity index (χ0v) is 11.3. The maximum atomic E-state index is 9.37. The fraction of sp³-hybridized carbons (Fsp3) is 0.250. The standard InChI is InChI=1S/C16H17N3/c1-3-7-13-11(2)19-16(18)14(10-17)15(13)12-8-5-4-6-9-12/h4-6,8-9H,3,7H2,1-2H3,(H2,18,19). The molecule has 2 N–H and O–H groups in total. The Kier molecular flexibility index (Phi) is 3.82. The molecule has 1 heterocycles. The van der Waals surface area contributed by atoms with Gasteiger partial charge in [-0.2, -0.15) is 5.26 Å². The van der Waals surface area contributed by atoms with Crippen LogP contribution in [0.4, 0.5) is 5.82 Å². The molecule has 0 radical (unpaired) electrons. The van der Waals surface area contributed by atoms with Crippen molar-refractivity contribution < 1.29 is 0 Å². The third-order valence-corrected chi connectivity index (χ3v) is 3.21. The molecule has 0 atom stereocenters. The zero-order chi connectivity index (χ0) is 13.8. The fourth-order valence-corrected chi connectivity index (χ4v) is 2.36. The quantitative estimate of drug-likeness (QED) is 0.908. The van der Waals surface area contributed by atoms with Gasteiger partial charge in [-0.1, -0.05) is 43.7 Å². The van der Waals surface area contributed by atoms with E-state index in [0.717, 1.165) is 35.2 Å². The summed E-state index contributed by atoms with van der Waals surface area (Å²) < 4.78 is 0. The van der Waals surface area contributed by atoms with E-state index in [9.17, 15) is 5.26 Å². The van der Waals surface area contributed by atoms with Crippen molar-refractivity contribution in [2.45, 2.75) is 26.7 Å². The maximum absolute atomic E-state index is 9.37. The highest BCUT2D eigenvalue weighted by Crippen LogP contribution is 2.32. The molecule has 96 valence electrons. The average Bonchev–Trinajstić information content (AvgIpc) is 2.42. The lowest BCUT2D eigenvalue weighted by molar-refractivity contribution is 0.901. The number of aryl methyl sites for hydroxylation is 1. The zero-order valence-electron chi connectivity index (χ0n) is 11.3. The van der Waals surface area contributed by atoms with Gasteiger partial charge in [0.05, 0.1) is 0 Å². The summed E-state index contributed by atoms with van der Waals surface area (Å²) >= 11 is 0. The highest BCUT2D eigenvalue weighted by atomic mass is 14.8. The molecule has 0 saturated carbocycles. The van der Waals surface area contributed by atoms with Crippen molar-refractivity contribution in [3.05, 3.63) is 47.2 Å². The molecular formula is C16H17N3. The number of nitrogen functional groups attached to an aromatic ring is 1. The van der Waals surface area contributed by atoms with E-state index in [2.05, 4.69) is 18.0 Å². The number of nitriles is 1. The SMILES string of the molecule is CCCc1c(C)nc(N)c(C#N)c1-c1ccccc1. The molecule has 0 aliphatic carbocycles. The van der Waals surface area contributed by atoms with Crippen LogP contribution in [0.1, 0.15) is 30.2 Å². The van der Waals surface area contributed by atoms with Gasteiger partial charge in [0, 0.05) is 11.3 Å². The van der Waals surface area contributed by atoms with Gasteiger partial charge in [0.1, 0.15) is 17.5 Å². The lowest BCUT2D eigenvalue weighted by Crippen LogP contribution is -2.05. The first-order chi connectivity index (χ1) is 9.19. The van der Waals surface area contributed by atoms with Gasteiger partial charge < -0.3 is 5.73 Å². The van der Waals surface area contributed by atoms with Crippen molar-refractivity contribution in [2.75, 3.05) is 5.73 Å². The van der Waals surface area contributed by atoms with Crippen molar-refractivity contribution in [1.29, 1.82) is 5.26 Å². The summed E-state index contributed by atoms with van der Waals surface area (Å²) in [4.78, 5) is 4.30. The van der Waals surface area contributed by atoms with Crippen LogP contribution in [0.25, 0.3) is 11.1 Å². The summed E-state index contributed by atoms with van der Waals surface area (Å²) in [6, 6.07) is 12.1. The van der Waals surface area contributed by atoms with Crippen LogP contribution in [0, 0.1) is 18.3 Å². The highest BCUT2D eigenvalue weighted by molar-refractivity contribution is 5.79. The van der Waals surface area contributed by atoms with E-state index in [1.54, 1.807) is 0 Å². The van der Waals surface area contributed by atoms with Crippen molar-refractivity contribution in [1.82, 2.24) is 4.98 Å². The van der Waals surface area contributed by atoms with Gasteiger partial charge in [0.15, 0.2) is 0 Å². The molecule has 0 unspecified atom stereocenters. The van der Waals surface area contributed by atoms with E-state index < -0.39 is 0 Å². The second kappa shape index (κ2) is 5.53. The van der Waals surface area contributed by atoms with Gasteiger partial charge in [0.2, 0.25) is 0 Å². The summed E-state index contributed by atoms with van der Waals surface area (Å²) in [7, 11) is 0. The van der Waals surface area contributed by atoms with Crippen molar-refractivity contribution >= 4 is 5.82 Å². The Bertz CT molecular complexity index is 625. The Morgan fingerprint density at radius 2 is 1.95 bits per heavy atom. The Morgan fingerprint density at radius 1 is 1.26 bits per heavy atom. The Labute approximate surface area is 113 Å². The number of pyridine rings is 1. The largest absolute Gasteiger partial charge is 0.383 e. The maximum Gasteiger partial charge on any atom is 0.142 e. The normalized spacial score (nSPS) is 10.2. The van der Waals surface area contributed by atoms with E-state index in [4.69, 9.17) is 5.73 Å².